The second-order valence-corrected chi connectivity index (χ2v) is 10.1. The van der Waals surface area contributed by atoms with Crippen LogP contribution in [-0.4, -0.2) is 54.4 Å². The van der Waals surface area contributed by atoms with Crippen molar-refractivity contribution in [3.05, 3.63) is 53.4 Å². The van der Waals surface area contributed by atoms with Gasteiger partial charge in [-0.2, -0.15) is 17.6 Å². The van der Waals surface area contributed by atoms with Crippen molar-refractivity contribution in [1.29, 1.82) is 0 Å². The average Bonchev–Trinajstić information content (AvgIpc) is 3.15. The molecule has 40 heavy (non-hydrogen) atoms. The molecular weight excluding hydrogens is 553 g/mol. The van der Waals surface area contributed by atoms with Crippen molar-refractivity contribution in [3.63, 3.8) is 0 Å². The van der Waals surface area contributed by atoms with Crippen molar-refractivity contribution in [1.82, 2.24) is 4.98 Å². The Bertz CT molecular complexity index is 1300. The van der Waals surface area contributed by atoms with Crippen molar-refractivity contribution in [2.75, 3.05) is 19.0 Å². The van der Waals surface area contributed by atoms with Crippen LogP contribution >= 0.6 is 0 Å². The third-order valence-corrected chi connectivity index (χ3v) is 7.43. The van der Waals surface area contributed by atoms with Crippen molar-refractivity contribution in [3.8, 4) is 5.75 Å². The Balaban J connectivity index is 1.71. The largest absolute Gasteiger partial charge is 0.490 e. The maximum atomic E-state index is 15.0. The van der Waals surface area contributed by atoms with Gasteiger partial charge in [0.15, 0.2) is 17.2 Å². The second kappa shape index (κ2) is 10.5. The van der Waals surface area contributed by atoms with E-state index >= 15 is 0 Å². The summed E-state index contributed by atoms with van der Waals surface area (Å²) in [6.07, 6.45) is -6.80. The van der Waals surface area contributed by atoms with E-state index in [0.717, 1.165) is 39.3 Å². The summed E-state index contributed by atoms with van der Waals surface area (Å²) < 4.78 is 114. The molecule has 0 bridgehead atoms. The van der Waals surface area contributed by atoms with Gasteiger partial charge in [-0.05, 0) is 25.1 Å². The molecule has 14 heteroatoms. The number of anilines is 1. The number of nitrogens with one attached hydrogen (secondary N) is 1. The standard InChI is InChI=1S/C26H25F7N2O5/c1-12-18(15-4-5-16(27)19(28)20(15)39-11-13-9-25(29,30)10-13)21(40-24(12,2)26(31,32)33)22(36)35-14-6-7-34-17(8-14)23(37)38-3/h4-8,12-13,18,21H,9-11H2,1-3H3,(H,34,35,36)/t12-,18-,21+,24-/m0/s1. The summed E-state index contributed by atoms with van der Waals surface area (Å²) >= 11 is 0. The number of aromatic nitrogens is 1. The Morgan fingerprint density at radius 2 is 1.85 bits per heavy atom. The molecule has 7 nitrogen and oxygen atoms in total. The first-order chi connectivity index (χ1) is 18.6. The number of rotatable bonds is 7. The predicted octanol–water partition coefficient (Wildman–Crippen LogP) is 5.65. The highest BCUT2D eigenvalue weighted by atomic mass is 19.4. The Morgan fingerprint density at radius 3 is 2.45 bits per heavy atom. The van der Waals surface area contributed by atoms with Gasteiger partial charge in [0.05, 0.1) is 13.7 Å². The van der Waals surface area contributed by atoms with Crippen LogP contribution < -0.4 is 10.1 Å². The minimum Gasteiger partial charge on any atom is -0.490 e. The van der Waals surface area contributed by atoms with E-state index in [0.29, 0.717) is 6.07 Å². The van der Waals surface area contributed by atoms with Gasteiger partial charge in [-0.25, -0.2) is 22.9 Å². The summed E-state index contributed by atoms with van der Waals surface area (Å²) in [4.78, 5) is 28.9. The van der Waals surface area contributed by atoms with Gasteiger partial charge in [-0.1, -0.05) is 13.0 Å². The number of methoxy groups -OCH3 is 1. The minimum atomic E-state index is -4.98. The van der Waals surface area contributed by atoms with Gasteiger partial charge in [-0.15, -0.1) is 0 Å². The third-order valence-electron chi connectivity index (χ3n) is 7.43. The molecule has 1 N–H and O–H groups in total. The number of halogens is 7. The van der Waals surface area contributed by atoms with E-state index in [1.165, 1.54) is 6.07 Å². The molecule has 1 saturated heterocycles. The molecule has 2 aromatic rings. The molecule has 1 amide bonds. The number of hydrogen-bond donors (Lipinski definition) is 1. The third kappa shape index (κ3) is 5.45. The molecule has 2 heterocycles. The maximum absolute atomic E-state index is 15.0. The molecule has 1 aliphatic carbocycles. The smallest absolute Gasteiger partial charge is 0.417 e. The van der Waals surface area contributed by atoms with E-state index in [4.69, 9.17) is 9.47 Å². The topological polar surface area (TPSA) is 86.8 Å². The van der Waals surface area contributed by atoms with Crippen LogP contribution in [0.4, 0.5) is 36.4 Å². The first kappa shape index (κ1) is 29.6. The fourth-order valence-corrected chi connectivity index (χ4v) is 5.02. The molecule has 0 unspecified atom stereocenters. The van der Waals surface area contributed by atoms with Crippen LogP contribution in [0.15, 0.2) is 30.5 Å². The van der Waals surface area contributed by atoms with E-state index < -0.39 is 90.3 Å². The average molecular weight is 578 g/mol. The van der Waals surface area contributed by atoms with E-state index in [1.807, 2.05) is 0 Å². The van der Waals surface area contributed by atoms with Crippen LogP contribution in [0.5, 0.6) is 5.75 Å². The van der Waals surface area contributed by atoms with E-state index in [1.54, 1.807) is 0 Å². The highest BCUT2D eigenvalue weighted by molar-refractivity contribution is 5.96. The molecule has 1 aliphatic heterocycles. The van der Waals surface area contributed by atoms with E-state index in [2.05, 4.69) is 15.0 Å². The number of benzene rings is 1. The summed E-state index contributed by atoms with van der Waals surface area (Å²) in [6, 6.07) is 4.05. The predicted molar refractivity (Wildman–Crippen MR) is 125 cm³/mol. The van der Waals surface area contributed by atoms with Gasteiger partial charge in [0, 0.05) is 48.0 Å². The van der Waals surface area contributed by atoms with Crippen molar-refractivity contribution < 1.29 is 54.5 Å². The molecule has 0 radical (unpaired) electrons. The van der Waals surface area contributed by atoms with Crippen molar-refractivity contribution >= 4 is 17.6 Å². The van der Waals surface area contributed by atoms with Crippen LogP contribution in [0.3, 0.4) is 0 Å². The van der Waals surface area contributed by atoms with Gasteiger partial charge in [0.2, 0.25) is 11.7 Å². The first-order valence-corrected chi connectivity index (χ1v) is 12.2. The van der Waals surface area contributed by atoms with Crippen molar-refractivity contribution in [2.24, 2.45) is 11.8 Å². The number of pyridine rings is 1. The van der Waals surface area contributed by atoms with Gasteiger partial charge < -0.3 is 19.5 Å². The summed E-state index contributed by atoms with van der Waals surface area (Å²) in [5.74, 6) is -12.2. The van der Waals surface area contributed by atoms with Crippen LogP contribution in [0.25, 0.3) is 0 Å². The monoisotopic (exact) mass is 578 g/mol. The molecule has 0 spiro atoms. The number of alkyl halides is 5. The summed E-state index contributed by atoms with van der Waals surface area (Å²) in [5.41, 5.74) is -3.41. The zero-order chi connectivity index (χ0) is 29.6. The number of hydrogen-bond acceptors (Lipinski definition) is 6. The number of amides is 1. The Hall–Kier alpha value is -3.42. The second-order valence-electron chi connectivity index (χ2n) is 10.1. The van der Waals surface area contributed by atoms with Gasteiger partial charge in [-0.3, -0.25) is 4.79 Å². The van der Waals surface area contributed by atoms with Crippen LogP contribution in [0, 0.1) is 23.5 Å². The fourth-order valence-electron chi connectivity index (χ4n) is 5.02. The van der Waals surface area contributed by atoms with Crippen LogP contribution in [-0.2, 0) is 14.3 Å². The Morgan fingerprint density at radius 1 is 1.18 bits per heavy atom. The Labute approximate surface area is 224 Å². The minimum absolute atomic E-state index is 0.0244. The van der Waals surface area contributed by atoms with Gasteiger partial charge in [0.25, 0.3) is 5.91 Å². The molecule has 218 valence electrons. The zero-order valence-corrected chi connectivity index (χ0v) is 21.5. The number of carbonyl (C=O) groups is 2. The molecule has 1 aromatic carbocycles. The normalized spacial score (nSPS) is 26.2. The lowest BCUT2D eigenvalue weighted by Crippen LogP contribution is -2.47. The van der Waals surface area contributed by atoms with E-state index in [9.17, 15) is 40.3 Å². The molecular formula is C26H25F7N2O5. The summed E-state index contributed by atoms with van der Waals surface area (Å²) in [5, 5.41) is 2.36. The Kier molecular flexibility index (Phi) is 7.78. The number of nitrogens with zero attached hydrogens (tertiary/aromatic N) is 1. The molecule has 1 saturated carbocycles. The lowest BCUT2D eigenvalue weighted by atomic mass is 9.76. The number of carbonyl (C=O) groups excluding carboxylic acids is 2. The molecule has 2 aliphatic rings. The first-order valence-electron chi connectivity index (χ1n) is 12.2. The molecule has 2 fully saturated rings. The molecule has 1 aromatic heterocycles. The van der Waals surface area contributed by atoms with Crippen molar-refractivity contribution in [2.45, 2.75) is 56.4 Å². The highest BCUT2D eigenvalue weighted by Crippen LogP contribution is 2.55. The fraction of sp³-hybridized carbons (Fsp3) is 0.500. The van der Waals surface area contributed by atoms with Crippen LogP contribution in [0.2, 0.25) is 0 Å². The number of esters is 1. The zero-order valence-electron chi connectivity index (χ0n) is 21.5. The van der Waals surface area contributed by atoms with Gasteiger partial charge in [0.1, 0.15) is 11.8 Å². The van der Waals surface area contributed by atoms with Crippen LogP contribution in [0.1, 0.15) is 48.7 Å². The summed E-state index contributed by atoms with van der Waals surface area (Å²) in [7, 11) is 1.10. The lowest BCUT2D eigenvalue weighted by molar-refractivity contribution is -0.272. The quantitative estimate of drug-likeness (QED) is 0.338. The number of ether oxygens (including phenoxy) is 3. The molecule has 4 atom stereocenters. The lowest BCUT2D eigenvalue weighted by Gasteiger charge is -2.35. The maximum Gasteiger partial charge on any atom is 0.417 e. The SMILES string of the molecule is COC(=O)c1cc(NC(=O)[C@@H]2O[C@](C)(C(F)(F)F)[C@@H](C)[C@H]2c2ccc(F)c(F)c2OCC2CC(F)(F)C2)ccn1. The summed E-state index contributed by atoms with van der Waals surface area (Å²) in [6.45, 7) is 1.44. The van der Waals surface area contributed by atoms with Gasteiger partial charge >= 0.3 is 12.1 Å². The highest BCUT2D eigenvalue weighted by Gasteiger charge is 2.66. The van der Waals surface area contributed by atoms with E-state index in [-0.39, 0.29) is 16.9 Å². The molecule has 4 rings (SSSR count).